The van der Waals surface area contributed by atoms with Crippen molar-refractivity contribution in [2.45, 2.75) is 24.7 Å². The summed E-state index contributed by atoms with van der Waals surface area (Å²) in [5.74, 6) is 0. The molecule has 2 aliphatic carbocycles. The SMILES string of the molecule is CC1(C)c2ccccc2-c2ccc(N(c3ccc(-c4ccccc4)cc3)c3ccc4c(c3)C(c3ccccc3)(c3ccccc3)c3cccc(-c5ccccc5)c3-4)cc21. The van der Waals surface area contributed by atoms with Gasteiger partial charge in [-0.05, 0) is 114 Å². The van der Waals surface area contributed by atoms with Gasteiger partial charge in [-0.3, -0.25) is 0 Å². The summed E-state index contributed by atoms with van der Waals surface area (Å²) in [5.41, 5.74) is 20.6. The van der Waals surface area contributed by atoms with Crippen molar-refractivity contribution in [1.82, 2.24) is 0 Å². The molecule has 0 fully saturated rings. The topological polar surface area (TPSA) is 3.24 Å². The average Bonchev–Trinajstić information content (AvgIpc) is 3.73. The Morgan fingerprint density at radius 2 is 0.763 bits per heavy atom. The van der Waals surface area contributed by atoms with Crippen LogP contribution < -0.4 is 4.90 Å². The van der Waals surface area contributed by atoms with Crippen LogP contribution in [-0.2, 0) is 10.8 Å². The van der Waals surface area contributed by atoms with Crippen LogP contribution in [0.2, 0.25) is 0 Å². The fourth-order valence-corrected chi connectivity index (χ4v) is 10.2. The Morgan fingerprint density at radius 1 is 0.305 bits per heavy atom. The van der Waals surface area contributed by atoms with Crippen molar-refractivity contribution in [1.29, 1.82) is 0 Å². The van der Waals surface area contributed by atoms with Gasteiger partial charge < -0.3 is 4.90 Å². The molecule has 0 bridgehead atoms. The second-order valence-corrected chi connectivity index (χ2v) is 16.5. The summed E-state index contributed by atoms with van der Waals surface area (Å²) in [4.78, 5) is 2.47. The van der Waals surface area contributed by atoms with Gasteiger partial charge in [0.1, 0.15) is 0 Å². The molecule has 1 heteroatoms. The van der Waals surface area contributed by atoms with Crippen LogP contribution >= 0.6 is 0 Å². The Balaban J connectivity index is 1.18. The van der Waals surface area contributed by atoms with Gasteiger partial charge in [0.05, 0.1) is 5.41 Å². The first-order chi connectivity index (χ1) is 29.0. The van der Waals surface area contributed by atoms with Crippen molar-refractivity contribution in [3.05, 3.63) is 258 Å². The Morgan fingerprint density at radius 3 is 1.41 bits per heavy atom. The number of nitrogens with zero attached hydrogens (tertiary/aromatic N) is 1. The summed E-state index contributed by atoms with van der Waals surface area (Å²) in [6.45, 7) is 4.73. The van der Waals surface area contributed by atoms with Crippen LogP contribution in [0.1, 0.15) is 47.2 Å². The molecule has 0 saturated carbocycles. The van der Waals surface area contributed by atoms with E-state index in [-0.39, 0.29) is 5.41 Å². The van der Waals surface area contributed by atoms with E-state index in [0.29, 0.717) is 0 Å². The van der Waals surface area contributed by atoms with E-state index in [2.05, 4.69) is 243 Å². The van der Waals surface area contributed by atoms with Crippen LogP contribution in [0.25, 0.3) is 44.5 Å². The molecule has 9 aromatic rings. The molecule has 0 unspecified atom stereocenters. The van der Waals surface area contributed by atoms with Crippen molar-refractivity contribution in [3.8, 4) is 44.5 Å². The predicted molar refractivity (Wildman–Crippen MR) is 247 cm³/mol. The maximum atomic E-state index is 2.49. The molecule has 11 rings (SSSR count). The van der Waals surface area contributed by atoms with Crippen molar-refractivity contribution in [2.24, 2.45) is 0 Å². The van der Waals surface area contributed by atoms with E-state index in [1.807, 2.05) is 0 Å². The van der Waals surface area contributed by atoms with E-state index in [9.17, 15) is 0 Å². The number of rotatable bonds is 7. The molecule has 0 spiro atoms. The van der Waals surface area contributed by atoms with Crippen LogP contribution in [0, 0.1) is 0 Å². The monoisotopic (exact) mass is 753 g/mol. The Kier molecular flexibility index (Phi) is 8.13. The highest BCUT2D eigenvalue weighted by atomic mass is 15.1. The normalized spacial score (nSPS) is 13.9. The third kappa shape index (κ3) is 5.39. The number of anilines is 3. The van der Waals surface area contributed by atoms with E-state index < -0.39 is 5.41 Å². The first kappa shape index (κ1) is 35.0. The second kappa shape index (κ2) is 13.7. The number of hydrogen-bond acceptors (Lipinski definition) is 1. The Labute approximate surface area is 347 Å². The maximum Gasteiger partial charge on any atom is 0.0714 e. The third-order valence-corrected chi connectivity index (χ3v) is 13.0. The zero-order valence-corrected chi connectivity index (χ0v) is 33.3. The van der Waals surface area contributed by atoms with Crippen LogP contribution in [0.4, 0.5) is 17.1 Å². The largest absolute Gasteiger partial charge is 0.310 e. The molecular formula is C58H43N. The number of hydrogen-bond donors (Lipinski definition) is 0. The molecule has 1 nitrogen and oxygen atoms in total. The molecule has 0 radical (unpaired) electrons. The van der Waals surface area contributed by atoms with Crippen LogP contribution in [-0.4, -0.2) is 0 Å². The van der Waals surface area contributed by atoms with E-state index in [4.69, 9.17) is 0 Å². The molecule has 0 aliphatic heterocycles. The van der Waals surface area contributed by atoms with Gasteiger partial charge in [0.15, 0.2) is 0 Å². The van der Waals surface area contributed by atoms with Crippen LogP contribution in [0.3, 0.4) is 0 Å². The lowest BCUT2D eigenvalue weighted by atomic mass is 9.67. The smallest absolute Gasteiger partial charge is 0.0714 e. The minimum absolute atomic E-state index is 0.131. The molecule has 280 valence electrons. The zero-order chi connectivity index (χ0) is 39.6. The molecule has 0 heterocycles. The van der Waals surface area contributed by atoms with Gasteiger partial charge in [0.2, 0.25) is 0 Å². The summed E-state index contributed by atoms with van der Waals surface area (Å²) in [6.07, 6.45) is 0. The highest BCUT2D eigenvalue weighted by Gasteiger charge is 2.47. The number of fused-ring (bicyclic) bond motifs is 6. The third-order valence-electron chi connectivity index (χ3n) is 13.0. The van der Waals surface area contributed by atoms with Gasteiger partial charge >= 0.3 is 0 Å². The summed E-state index contributed by atoms with van der Waals surface area (Å²) in [5, 5.41) is 0. The number of benzene rings is 9. The van der Waals surface area contributed by atoms with Gasteiger partial charge in [0, 0.05) is 22.5 Å². The van der Waals surface area contributed by atoms with Crippen molar-refractivity contribution < 1.29 is 0 Å². The fourth-order valence-electron chi connectivity index (χ4n) is 10.2. The fraction of sp³-hybridized carbons (Fsp3) is 0.0690. The Bertz CT molecular complexity index is 2940. The maximum absolute atomic E-state index is 2.49. The van der Waals surface area contributed by atoms with Gasteiger partial charge in [-0.2, -0.15) is 0 Å². The second-order valence-electron chi connectivity index (χ2n) is 16.5. The molecule has 0 atom stereocenters. The van der Waals surface area contributed by atoms with E-state index in [1.54, 1.807) is 0 Å². The van der Waals surface area contributed by atoms with E-state index in [1.165, 1.54) is 77.9 Å². The first-order valence-corrected chi connectivity index (χ1v) is 20.7. The summed E-state index contributed by atoms with van der Waals surface area (Å²) in [7, 11) is 0. The molecule has 0 N–H and O–H groups in total. The van der Waals surface area contributed by atoms with Gasteiger partial charge in [-0.1, -0.05) is 202 Å². The summed E-state index contributed by atoms with van der Waals surface area (Å²) in [6, 6.07) is 83.0. The van der Waals surface area contributed by atoms with Crippen molar-refractivity contribution in [3.63, 3.8) is 0 Å². The molecular weight excluding hydrogens is 711 g/mol. The summed E-state index contributed by atoms with van der Waals surface area (Å²) >= 11 is 0. The van der Waals surface area contributed by atoms with Crippen LogP contribution in [0.5, 0.6) is 0 Å². The first-order valence-electron chi connectivity index (χ1n) is 20.7. The minimum atomic E-state index is -0.557. The van der Waals surface area contributed by atoms with E-state index >= 15 is 0 Å². The quantitative estimate of drug-likeness (QED) is 0.157. The molecule has 2 aliphatic rings. The highest BCUT2D eigenvalue weighted by molar-refractivity contribution is 5.97. The standard InChI is InChI=1S/C58H43N/c1-57(2)52-28-16-15-26-49(52)50-36-34-46(38-54(50)57)59(45-32-30-41(31-33-45)40-18-7-3-8-19-40)47-35-37-51-55(39-47)58(43-22-11-5-12-23-43,44-24-13-6-14-25-44)53-29-17-27-48(56(51)53)42-20-9-4-10-21-42/h3-39H,1-2H3. The lowest BCUT2D eigenvalue weighted by Gasteiger charge is -2.35. The predicted octanol–water partition coefficient (Wildman–Crippen LogP) is 15.2. The van der Waals surface area contributed by atoms with Crippen molar-refractivity contribution >= 4 is 17.1 Å². The molecule has 9 aromatic carbocycles. The lowest BCUT2D eigenvalue weighted by Crippen LogP contribution is -2.28. The zero-order valence-electron chi connectivity index (χ0n) is 33.3. The Hall–Kier alpha value is -7.22. The van der Waals surface area contributed by atoms with Crippen molar-refractivity contribution in [2.75, 3.05) is 4.90 Å². The van der Waals surface area contributed by atoms with Gasteiger partial charge in [-0.15, -0.1) is 0 Å². The molecule has 0 amide bonds. The lowest BCUT2D eigenvalue weighted by molar-refractivity contribution is 0.660. The minimum Gasteiger partial charge on any atom is -0.310 e. The summed E-state index contributed by atoms with van der Waals surface area (Å²) < 4.78 is 0. The van der Waals surface area contributed by atoms with Gasteiger partial charge in [0.25, 0.3) is 0 Å². The average molecular weight is 754 g/mol. The van der Waals surface area contributed by atoms with Crippen LogP contribution in [0.15, 0.2) is 224 Å². The van der Waals surface area contributed by atoms with Gasteiger partial charge in [-0.25, -0.2) is 0 Å². The molecule has 0 saturated heterocycles. The molecule has 0 aromatic heterocycles. The highest BCUT2D eigenvalue weighted by Crippen LogP contribution is 2.59. The molecule has 59 heavy (non-hydrogen) atoms. The van der Waals surface area contributed by atoms with E-state index in [0.717, 1.165) is 17.1 Å².